The summed E-state index contributed by atoms with van der Waals surface area (Å²) in [6.07, 6.45) is 3.25. The molecule has 3 nitrogen and oxygen atoms in total. The molecule has 0 bridgehead atoms. The van der Waals surface area contributed by atoms with Crippen molar-refractivity contribution in [3.8, 4) is 0 Å². The lowest BCUT2D eigenvalue weighted by Gasteiger charge is -2.21. The first kappa shape index (κ1) is 17.1. The van der Waals surface area contributed by atoms with E-state index in [0.29, 0.717) is 17.7 Å². The van der Waals surface area contributed by atoms with Crippen molar-refractivity contribution in [3.05, 3.63) is 83.1 Å². The summed E-state index contributed by atoms with van der Waals surface area (Å²) < 4.78 is 32.1. The van der Waals surface area contributed by atoms with Crippen LogP contribution in [0.1, 0.15) is 30.9 Å². The maximum Gasteiger partial charge on any atom is 0.181 e. The molecule has 26 heavy (non-hydrogen) atoms. The number of rotatable bonds is 3. The molecule has 0 aromatic heterocycles. The third-order valence-electron chi connectivity index (χ3n) is 5.33. The number of benzene rings is 2. The zero-order valence-corrected chi connectivity index (χ0v) is 15.8. The number of aryl methyl sites for hydroxylation is 1. The van der Waals surface area contributed by atoms with E-state index < -0.39 is 15.1 Å². The maximum atomic E-state index is 13.1. The molecule has 2 atom stereocenters. The van der Waals surface area contributed by atoms with Crippen LogP contribution in [0.2, 0.25) is 0 Å². The fraction of sp³-hybridized carbons (Fsp3) is 0.273. The van der Waals surface area contributed by atoms with Crippen molar-refractivity contribution in [3.63, 3.8) is 0 Å². The molecule has 0 radical (unpaired) electrons. The number of sulfone groups is 1. The van der Waals surface area contributed by atoms with Gasteiger partial charge in [-0.25, -0.2) is 8.42 Å². The van der Waals surface area contributed by atoms with E-state index >= 15 is 0 Å². The van der Waals surface area contributed by atoms with Crippen LogP contribution >= 0.6 is 0 Å². The molecule has 0 saturated heterocycles. The van der Waals surface area contributed by atoms with Gasteiger partial charge >= 0.3 is 0 Å². The van der Waals surface area contributed by atoms with Crippen LogP contribution in [-0.2, 0) is 14.6 Å². The fourth-order valence-electron chi connectivity index (χ4n) is 3.84. The number of hydrogen-bond donors (Lipinski definition) is 0. The Bertz CT molecular complexity index is 983. The van der Waals surface area contributed by atoms with Crippen LogP contribution in [0, 0.1) is 12.8 Å². The Morgan fingerprint density at radius 1 is 0.962 bits per heavy atom. The summed E-state index contributed by atoms with van der Waals surface area (Å²) in [4.78, 5) is 0.415. The largest absolute Gasteiger partial charge is 0.462 e. The fourth-order valence-corrected chi connectivity index (χ4v) is 5.60. The van der Waals surface area contributed by atoms with Crippen LogP contribution in [0.15, 0.2) is 76.9 Å². The predicted molar refractivity (Wildman–Crippen MR) is 103 cm³/mol. The first-order chi connectivity index (χ1) is 12.4. The highest BCUT2D eigenvalue weighted by molar-refractivity contribution is 7.92. The molecule has 0 spiro atoms. The molecule has 2 unspecified atom stereocenters. The van der Waals surface area contributed by atoms with Gasteiger partial charge in [0.25, 0.3) is 0 Å². The molecule has 0 N–H and O–H groups in total. The minimum atomic E-state index is -3.34. The molecule has 4 rings (SSSR count). The maximum absolute atomic E-state index is 13.1. The summed E-state index contributed by atoms with van der Waals surface area (Å²) in [7, 11) is -3.34. The third-order valence-corrected chi connectivity index (χ3v) is 7.49. The van der Waals surface area contributed by atoms with E-state index in [1.54, 1.807) is 12.1 Å². The Labute approximate surface area is 154 Å². The summed E-state index contributed by atoms with van der Waals surface area (Å²) in [6, 6.07) is 17.1. The van der Waals surface area contributed by atoms with Crippen molar-refractivity contribution in [2.24, 2.45) is 5.92 Å². The zero-order chi connectivity index (χ0) is 18.3. The highest BCUT2D eigenvalue weighted by atomic mass is 32.2. The lowest BCUT2D eigenvalue weighted by Crippen LogP contribution is -2.18. The molecule has 1 aliphatic carbocycles. The van der Waals surface area contributed by atoms with Crippen LogP contribution in [0.4, 0.5) is 0 Å². The number of hydrogen-bond acceptors (Lipinski definition) is 3. The van der Waals surface area contributed by atoms with Crippen LogP contribution in [0.5, 0.6) is 0 Å². The second kappa shape index (κ2) is 6.44. The SMILES string of the molecule is CC1=C2CC(S(=O)(=O)c3ccc(C)cc3)CC2C=C(c2ccccc2)O1. The van der Waals surface area contributed by atoms with Gasteiger partial charge in [0.15, 0.2) is 9.84 Å². The van der Waals surface area contributed by atoms with Crippen LogP contribution in [0.25, 0.3) is 5.76 Å². The Kier molecular flexibility index (Phi) is 4.23. The van der Waals surface area contributed by atoms with Crippen molar-refractivity contribution in [1.29, 1.82) is 0 Å². The van der Waals surface area contributed by atoms with Crippen LogP contribution in [0.3, 0.4) is 0 Å². The average molecular weight is 366 g/mol. The first-order valence-corrected chi connectivity index (χ1v) is 10.4. The van der Waals surface area contributed by atoms with E-state index in [4.69, 9.17) is 4.74 Å². The molecule has 2 aromatic carbocycles. The van der Waals surface area contributed by atoms with Gasteiger partial charge in [0.05, 0.1) is 10.1 Å². The highest BCUT2D eigenvalue weighted by Gasteiger charge is 2.40. The third kappa shape index (κ3) is 2.99. The van der Waals surface area contributed by atoms with Gasteiger partial charge in [0.2, 0.25) is 0 Å². The van der Waals surface area contributed by atoms with E-state index in [2.05, 4.69) is 6.08 Å². The molecule has 1 fully saturated rings. The van der Waals surface area contributed by atoms with E-state index in [-0.39, 0.29) is 5.92 Å². The Morgan fingerprint density at radius 2 is 1.65 bits per heavy atom. The van der Waals surface area contributed by atoms with Crippen LogP contribution < -0.4 is 0 Å². The lowest BCUT2D eigenvalue weighted by atomic mass is 9.97. The molecular formula is C22H22O3S. The summed E-state index contributed by atoms with van der Waals surface area (Å²) in [5.74, 6) is 1.80. The predicted octanol–water partition coefficient (Wildman–Crippen LogP) is 4.89. The summed E-state index contributed by atoms with van der Waals surface area (Å²) in [5, 5.41) is -0.393. The highest BCUT2D eigenvalue weighted by Crippen LogP contribution is 2.44. The van der Waals surface area contributed by atoms with E-state index in [9.17, 15) is 8.42 Å². The minimum absolute atomic E-state index is 0.129. The second-order valence-corrected chi connectivity index (χ2v) is 9.33. The summed E-state index contributed by atoms with van der Waals surface area (Å²) in [5.41, 5.74) is 3.20. The molecule has 1 aliphatic heterocycles. The van der Waals surface area contributed by atoms with E-state index in [1.165, 1.54) is 0 Å². The van der Waals surface area contributed by atoms with Gasteiger partial charge in [-0.15, -0.1) is 0 Å². The van der Waals surface area contributed by atoms with E-state index in [1.807, 2.05) is 56.3 Å². The van der Waals surface area contributed by atoms with Crippen molar-refractivity contribution in [2.45, 2.75) is 36.8 Å². The topological polar surface area (TPSA) is 43.4 Å². The quantitative estimate of drug-likeness (QED) is 0.776. The van der Waals surface area contributed by atoms with Crippen molar-refractivity contribution in [2.75, 3.05) is 0 Å². The molecule has 1 heterocycles. The number of ether oxygens (including phenoxy) is 1. The van der Waals surface area contributed by atoms with Crippen LogP contribution in [-0.4, -0.2) is 13.7 Å². The van der Waals surface area contributed by atoms with Gasteiger partial charge in [-0.3, -0.25) is 0 Å². The van der Waals surface area contributed by atoms with Gasteiger partial charge < -0.3 is 4.74 Å². The number of fused-ring (bicyclic) bond motifs is 1. The van der Waals surface area contributed by atoms with Crippen molar-refractivity contribution in [1.82, 2.24) is 0 Å². The standard InChI is InChI=1S/C22H22O3S/c1-15-8-10-19(11-9-15)26(23,24)20-12-18-13-22(17-6-4-3-5-7-17)25-16(2)21(18)14-20/h3-11,13,18,20H,12,14H2,1-2H3. The molecule has 0 amide bonds. The Hall–Kier alpha value is -2.33. The molecule has 4 heteroatoms. The first-order valence-electron chi connectivity index (χ1n) is 8.90. The average Bonchev–Trinajstić information content (AvgIpc) is 3.08. The second-order valence-electron chi connectivity index (χ2n) is 7.11. The Balaban J connectivity index is 1.64. The Morgan fingerprint density at radius 3 is 2.35 bits per heavy atom. The zero-order valence-electron chi connectivity index (χ0n) is 15.0. The van der Waals surface area contributed by atoms with Crippen molar-refractivity contribution >= 4 is 15.6 Å². The molecule has 134 valence electrons. The van der Waals surface area contributed by atoms with E-state index in [0.717, 1.165) is 28.2 Å². The summed E-state index contributed by atoms with van der Waals surface area (Å²) >= 11 is 0. The molecule has 1 saturated carbocycles. The monoisotopic (exact) mass is 366 g/mol. The normalized spacial score (nSPS) is 22.6. The molecule has 2 aromatic rings. The van der Waals surface area contributed by atoms with Crippen molar-refractivity contribution < 1.29 is 13.2 Å². The minimum Gasteiger partial charge on any atom is -0.462 e. The van der Waals surface area contributed by atoms with Gasteiger partial charge in [-0.2, -0.15) is 0 Å². The molecular weight excluding hydrogens is 344 g/mol. The van der Waals surface area contributed by atoms with Gasteiger partial charge in [0.1, 0.15) is 11.5 Å². The van der Waals surface area contributed by atoms with Gasteiger partial charge in [-0.1, -0.05) is 48.0 Å². The van der Waals surface area contributed by atoms with Gasteiger partial charge in [-0.05, 0) is 50.5 Å². The summed E-state index contributed by atoms with van der Waals surface area (Å²) in [6.45, 7) is 3.90. The van der Waals surface area contributed by atoms with Gasteiger partial charge in [0, 0.05) is 11.5 Å². The number of allylic oxidation sites excluding steroid dienone is 3. The lowest BCUT2D eigenvalue weighted by molar-refractivity contribution is 0.360. The smallest absolute Gasteiger partial charge is 0.181 e. The molecule has 2 aliphatic rings.